The molecule has 0 saturated carbocycles. The van der Waals surface area contributed by atoms with Crippen LogP contribution >= 0.6 is 0 Å². The van der Waals surface area contributed by atoms with Gasteiger partial charge in [-0.3, -0.25) is 0 Å². The van der Waals surface area contributed by atoms with Crippen LogP contribution in [0.4, 0.5) is 33.3 Å². The second-order valence-electron chi connectivity index (χ2n) is 10.7. The van der Waals surface area contributed by atoms with E-state index in [1.165, 1.54) is 42.5 Å². The molecule has 0 aromatic heterocycles. The number of nitrogens with two attached hydrogens (primary N) is 2. The number of ether oxygens (including phenoxy) is 4. The second-order valence-corrected chi connectivity index (χ2v) is 10.7. The van der Waals surface area contributed by atoms with E-state index in [1.54, 1.807) is 36.4 Å². The third-order valence-electron chi connectivity index (χ3n) is 6.73. The van der Waals surface area contributed by atoms with Gasteiger partial charge >= 0.3 is 24.0 Å². The molecule has 0 aliphatic rings. The van der Waals surface area contributed by atoms with Gasteiger partial charge in [0.25, 0.3) is 0 Å². The molecule has 3 aromatic carbocycles. The SMILES string of the molecule is Nc1cc(N)cc(C(=O)OCCCCCCOC(O)/C=C/c2ccc(OC(=O)c3ccc(OCCCC(F)(F)C(F)(F)F)cc3)cc2)c1. The molecule has 260 valence electrons. The van der Waals surface area contributed by atoms with Crippen molar-refractivity contribution in [3.63, 3.8) is 0 Å². The average Bonchev–Trinajstić information content (AvgIpc) is 3.03. The van der Waals surface area contributed by atoms with Crippen LogP contribution in [0.25, 0.3) is 6.08 Å². The Morgan fingerprint density at radius 3 is 1.96 bits per heavy atom. The van der Waals surface area contributed by atoms with Crippen LogP contribution in [0.15, 0.2) is 72.8 Å². The third kappa shape index (κ3) is 12.8. The van der Waals surface area contributed by atoms with Gasteiger partial charge in [0.1, 0.15) is 11.5 Å². The number of benzene rings is 3. The van der Waals surface area contributed by atoms with Crippen molar-refractivity contribution in [1.29, 1.82) is 0 Å². The number of unbranched alkanes of at least 4 members (excludes halogenated alkanes) is 3. The van der Waals surface area contributed by atoms with Crippen molar-refractivity contribution in [2.45, 2.75) is 56.9 Å². The molecule has 0 aliphatic heterocycles. The lowest BCUT2D eigenvalue weighted by molar-refractivity contribution is -0.284. The highest BCUT2D eigenvalue weighted by Crippen LogP contribution is 2.38. The fourth-order valence-corrected chi connectivity index (χ4v) is 4.18. The number of alkyl halides is 5. The minimum atomic E-state index is -5.61. The normalized spacial score (nSPS) is 12.5. The van der Waals surface area contributed by atoms with Crippen molar-refractivity contribution >= 4 is 29.4 Å². The number of nitrogen functional groups attached to an aromatic ring is 2. The highest BCUT2D eigenvalue weighted by atomic mass is 19.4. The van der Waals surface area contributed by atoms with Crippen molar-refractivity contribution in [3.8, 4) is 11.5 Å². The van der Waals surface area contributed by atoms with Crippen LogP contribution < -0.4 is 20.9 Å². The molecule has 5 N–H and O–H groups in total. The summed E-state index contributed by atoms with van der Waals surface area (Å²) in [4.78, 5) is 24.5. The van der Waals surface area contributed by atoms with Crippen LogP contribution in [0.5, 0.6) is 11.5 Å². The van der Waals surface area contributed by atoms with Gasteiger partial charge in [0, 0.05) is 17.8 Å². The molecular weight excluding hydrogens is 643 g/mol. The quantitative estimate of drug-likeness (QED) is 0.0318. The molecule has 9 nitrogen and oxygen atoms in total. The number of hydrogen-bond acceptors (Lipinski definition) is 9. The van der Waals surface area contributed by atoms with Crippen LogP contribution in [-0.2, 0) is 9.47 Å². The minimum absolute atomic E-state index is 0.165. The fraction of sp³-hybridized carbons (Fsp3) is 0.353. The Morgan fingerprint density at radius 1 is 0.729 bits per heavy atom. The van der Waals surface area contributed by atoms with Gasteiger partial charge in [-0.05, 0) is 91.9 Å². The maximum absolute atomic E-state index is 13.0. The number of esters is 2. The zero-order valence-electron chi connectivity index (χ0n) is 25.9. The first-order chi connectivity index (χ1) is 22.7. The average molecular weight is 681 g/mol. The summed E-state index contributed by atoms with van der Waals surface area (Å²) in [6.07, 6.45) is -2.53. The molecule has 14 heteroatoms. The summed E-state index contributed by atoms with van der Waals surface area (Å²) in [7, 11) is 0. The van der Waals surface area contributed by atoms with Gasteiger partial charge in [0.2, 0.25) is 0 Å². The summed E-state index contributed by atoms with van der Waals surface area (Å²) < 4.78 is 83.7. The highest BCUT2D eigenvalue weighted by Gasteiger charge is 2.56. The summed E-state index contributed by atoms with van der Waals surface area (Å²) in [6.45, 7) is 0.235. The zero-order valence-corrected chi connectivity index (χ0v) is 25.9. The topological polar surface area (TPSA) is 143 Å². The predicted octanol–water partition coefficient (Wildman–Crippen LogP) is 7.19. The Bertz CT molecular complexity index is 1480. The van der Waals surface area contributed by atoms with E-state index in [2.05, 4.69) is 0 Å². The number of halogens is 5. The van der Waals surface area contributed by atoms with E-state index in [4.69, 9.17) is 30.4 Å². The van der Waals surface area contributed by atoms with Gasteiger partial charge in [-0.2, -0.15) is 22.0 Å². The Hall–Kier alpha value is -4.69. The van der Waals surface area contributed by atoms with E-state index in [0.29, 0.717) is 42.0 Å². The number of carbonyl (C=O) groups is 2. The summed E-state index contributed by atoms with van der Waals surface area (Å²) in [5.74, 6) is -5.49. The van der Waals surface area contributed by atoms with E-state index in [-0.39, 0.29) is 30.3 Å². The predicted molar refractivity (Wildman–Crippen MR) is 169 cm³/mol. The van der Waals surface area contributed by atoms with Crippen molar-refractivity contribution in [3.05, 3.63) is 89.5 Å². The number of anilines is 2. The number of hydrogen-bond donors (Lipinski definition) is 3. The lowest BCUT2D eigenvalue weighted by Crippen LogP contribution is -2.36. The second kappa shape index (κ2) is 18.0. The maximum atomic E-state index is 13.0. The molecule has 3 aromatic rings. The van der Waals surface area contributed by atoms with E-state index >= 15 is 0 Å². The van der Waals surface area contributed by atoms with Crippen molar-refractivity contribution in [1.82, 2.24) is 0 Å². The summed E-state index contributed by atoms with van der Waals surface area (Å²) in [5.41, 5.74) is 13.3. The van der Waals surface area contributed by atoms with Crippen molar-refractivity contribution in [2.24, 2.45) is 0 Å². The summed E-state index contributed by atoms with van der Waals surface area (Å²) in [6, 6.07) is 16.5. The molecular formula is C34H37F5N2O7. The number of rotatable bonds is 18. The van der Waals surface area contributed by atoms with Crippen molar-refractivity contribution < 1.29 is 55.6 Å². The van der Waals surface area contributed by atoms with Gasteiger partial charge in [0.15, 0.2) is 6.29 Å². The zero-order chi connectivity index (χ0) is 35.2. The highest BCUT2D eigenvalue weighted by molar-refractivity contribution is 5.92. The molecule has 0 amide bonds. The van der Waals surface area contributed by atoms with Crippen molar-refractivity contribution in [2.75, 3.05) is 31.3 Å². The molecule has 0 fully saturated rings. The van der Waals surface area contributed by atoms with Crippen LogP contribution in [-0.4, -0.2) is 55.3 Å². The van der Waals surface area contributed by atoms with Gasteiger partial charge < -0.3 is 35.5 Å². The maximum Gasteiger partial charge on any atom is 0.453 e. The summed E-state index contributed by atoms with van der Waals surface area (Å²) >= 11 is 0. The van der Waals surface area contributed by atoms with E-state index in [0.717, 1.165) is 12.8 Å². The van der Waals surface area contributed by atoms with Gasteiger partial charge in [0.05, 0.1) is 30.9 Å². The minimum Gasteiger partial charge on any atom is -0.494 e. The van der Waals surface area contributed by atoms with Gasteiger partial charge in [-0.25, -0.2) is 9.59 Å². The molecule has 0 saturated heterocycles. The molecule has 0 bridgehead atoms. The van der Waals surface area contributed by atoms with Crippen LogP contribution in [0.1, 0.15) is 64.8 Å². The molecule has 3 rings (SSSR count). The van der Waals surface area contributed by atoms with Crippen LogP contribution in [0.3, 0.4) is 0 Å². The Morgan fingerprint density at radius 2 is 1.33 bits per heavy atom. The number of aliphatic hydroxyl groups is 1. The Kier molecular flexibility index (Phi) is 14.2. The van der Waals surface area contributed by atoms with Crippen LogP contribution in [0.2, 0.25) is 0 Å². The Labute approximate surface area is 274 Å². The van der Waals surface area contributed by atoms with Crippen LogP contribution in [0, 0.1) is 0 Å². The van der Waals surface area contributed by atoms with E-state index in [1.807, 2.05) is 0 Å². The molecule has 0 heterocycles. The third-order valence-corrected chi connectivity index (χ3v) is 6.73. The van der Waals surface area contributed by atoms with Gasteiger partial charge in [-0.1, -0.05) is 24.6 Å². The van der Waals surface area contributed by atoms with E-state index in [9.17, 15) is 36.6 Å². The first-order valence-electron chi connectivity index (χ1n) is 15.0. The molecule has 48 heavy (non-hydrogen) atoms. The fourth-order valence-electron chi connectivity index (χ4n) is 4.18. The first-order valence-corrected chi connectivity index (χ1v) is 15.0. The lowest BCUT2D eigenvalue weighted by atomic mass is 10.2. The van der Waals surface area contributed by atoms with E-state index < -0.39 is 43.2 Å². The molecule has 1 unspecified atom stereocenters. The molecule has 0 aliphatic carbocycles. The molecule has 0 spiro atoms. The monoisotopic (exact) mass is 680 g/mol. The largest absolute Gasteiger partial charge is 0.494 e. The smallest absolute Gasteiger partial charge is 0.453 e. The van der Waals surface area contributed by atoms with Gasteiger partial charge in [-0.15, -0.1) is 0 Å². The summed E-state index contributed by atoms with van der Waals surface area (Å²) in [5, 5.41) is 10.1. The number of carbonyl (C=O) groups excluding carboxylic acids is 2. The standard InChI is InChI=1S/C34H37F5N2O7/c35-33(36,34(37,38)39)16-5-19-45-28-13-9-24(10-14-28)32(44)48-29-11-6-23(7-12-29)8-15-30(42)46-17-3-1-2-4-18-47-31(43)25-20-26(40)22-27(41)21-25/h6-15,20-22,30,42H,1-5,16-19,40-41H2/b15-8+. The molecule has 0 radical (unpaired) electrons. The first kappa shape index (κ1) is 37.8. The molecule has 1 atom stereocenters. The number of aliphatic hydroxyl groups excluding tert-OH is 1. The Balaban J connectivity index is 1.28. The lowest BCUT2D eigenvalue weighted by Gasteiger charge is -2.19.